The topological polar surface area (TPSA) is 36.1 Å². The van der Waals surface area contributed by atoms with E-state index in [1.165, 1.54) is 28.8 Å². The molecule has 1 amide bonds. The van der Waals surface area contributed by atoms with Gasteiger partial charge in [0, 0.05) is 53.3 Å². The van der Waals surface area contributed by atoms with Crippen molar-refractivity contribution in [2.24, 2.45) is 0 Å². The quantitative estimate of drug-likeness (QED) is 0.714. The van der Waals surface area contributed by atoms with Crippen LogP contribution in [0.25, 0.3) is 17.0 Å². The molecular formula is C20H17FN2O. The van der Waals surface area contributed by atoms with E-state index in [9.17, 15) is 9.18 Å². The summed E-state index contributed by atoms with van der Waals surface area (Å²) in [6, 6.07) is 14.6. The Labute approximate surface area is 139 Å². The summed E-state index contributed by atoms with van der Waals surface area (Å²) < 4.78 is 13.6. The first-order chi connectivity index (χ1) is 11.7. The molecule has 0 saturated carbocycles. The van der Waals surface area contributed by atoms with Crippen LogP contribution >= 0.6 is 0 Å². The molecule has 24 heavy (non-hydrogen) atoms. The van der Waals surface area contributed by atoms with Gasteiger partial charge in [0.15, 0.2) is 0 Å². The van der Waals surface area contributed by atoms with Gasteiger partial charge in [-0.1, -0.05) is 36.4 Å². The second kappa shape index (κ2) is 5.96. The SMILES string of the molecule is O=C(/C=C/c1ccccc1F)N1CCc2[nH]c3ccccc3c2C1. The standard InChI is InChI=1S/C20H17FN2O/c21-17-7-3-1-5-14(17)9-10-20(24)23-12-11-19-16(13-23)15-6-2-4-8-18(15)22-19/h1-10,22H,11-13H2/b10-9+. The number of hydrogen-bond donors (Lipinski definition) is 1. The van der Waals surface area contributed by atoms with Crippen molar-refractivity contribution < 1.29 is 9.18 Å². The van der Waals surface area contributed by atoms with Gasteiger partial charge in [0.2, 0.25) is 5.91 Å². The number of hydrogen-bond acceptors (Lipinski definition) is 1. The normalized spacial score (nSPS) is 14.3. The van der Waals surface area contributed by atoms with Crippen LogP contribution in [0.4, 0.5) is 4.39 Å². The van der Waals surface area contributed by atoms with Crippen molar-refractivity contribution in [1.29, 1.82) is 0 Å². The molecule has 2 heterocycles. The number of H-pyrrole nitrogens is 1. The molecule has 120 valence electrons. The van der Waals surface area contributed by atoms with E-state index in [1.807, 2.05) is 12.1 Å². The van der Waals surface area contributed by atoms with Gasteiger partial charge >= 0.3 is 0 Å². The number of nitrogens with one attached hydrogen (secondary N) is 1. The second-order valence-electron chi connectivity index (χ2n) is 5.99. The van der Waals surface area contributed by atoms with Crippen molar-refractivity contribution >= 4 is 22.9 Å². The van der Waals surface area contributed by atoms with Crippen molar-refractivity contribution in [3.8, 4) is 0 Å². The van der Waals surface area contributed by atoms with Crippen LogP contribution in [0.2, 0.25) is 0 Å². The minimum Gasteiger partial charge on any atom is -0.358 e. The molecule has 1 aromatic heterocycles. The predicted octanol–water partition coefficient (Wildman–Crippen LogP) is 3.91. The molecule has 1 N–H and O–H groups in total. The van der Waals surface area contributed by atoms with E-state index >= 15 is 0 Å². The van der Waals surface area contributed by atoms with Crippen LogP contribution in [0.15, 0.2) is 54.6 Å². The van der Waals surface area contributed by atoms with Gasteiger partial charge in [-0.15, -0.1) is 0 Å². The van der Waals surface area contributed by atoms with Crippen molar-refractivity contribution in [2.75, 3.05) is 6.54 Å². The highest BCUT2D eigenvalue weighted by molar-refractivity contribution is 5.93. The molecule has 3 aromatic rings. The largest absolute Gasteiger partial charge is 0.358 e. The third-order valence-electron chi connectivity index (χ3n) is 4.51. The fourth-order valence-electron chi connectivity index (χ4n) is 3.23. The molecule has 0 radical (unpaired) electrons. The van der Waals surface area contributed by atoms with E-state index in [4.69, 9.17) is 0 Å². The molecule has 1 aliphatic rings. The maximum absolute atomic E-state index is 13.6. The van der Waals surface area contributed by atoms with Crippen LogP contribution in [0, 0.1) is 5.82 Å². The Kier molecular flexibility index (Phi) is 3.65. The van der Waals surface area contributed by atoms with Gasteiger partial charge in [0.25, 0.3) is 0 Å². The zero-order valence-electron chi connectivity index (χ0n) is 13.1. The van der Waals surface area contributed by atoms with Gasteiger partial charge in [0.05, 0.1) is 0 Å². The molecule has 1 aliphatic heterocycles. The Bertz CT molecular complexity index is 942. The van der Waals surface area contributed by atoms with Crippen molar-refractivity contribution in [2.45, 2.75) is 13.0 Å². The molecule has 2 aromatic carbocycles. The van der Waals surface area contributed by atoms with E-state index < -0.39 is 0 Å². The number of carbonyl (C=O) groups is 1. The van der Waals surface area contributed by atoms with Crippen LogP contribution in [-0.4, -0.2) is 22.3 Å². The van der Waals surface area contributed by atoms with Crippen LogP contribution in [-0.2, 0) is 17.8 Å². The lowest BCUT2D eigenvalue weighted by atomic mass is 10.0. The molecule has 4 rings (SSSR count). The van der Waals surface area contributed by atoms with Gasteiger partial charge < -0.3 is 9.88 Å². The van der Waals surface area contributed by atoms with Crippen LogP contribution in [0.1, 0.15) is 16.8 Å². The summed E-state index contributed by atoms with van der Waals surface area (Å²) in [6.07, 6.45) is 3.81. The average molecular weight is 320 g/mol. The summed E-state index contributed by atoms with van der Waals surface area (Å²) in [6.45, 7) is 1.25. The third kappa shape index (κ3) is 2.60. The van der Waals surface area contributed by atoms with Gasteiger partial charge in [-0.25, -0.2) is 4.39 Å². The molecule has 0 fully saturated rings. The lowest BCUT2D eigenvalue weighted by Crippen LogP contribution is -2.34. The van der Waals surface area contributed by atoms with E-state index in [0.717, 1.165) is 11.9 Å². The monoisotopic (exact) mass is 320 g/mol. The number of nitrogens with zero attached hydrogens (tertiary/aromatic N) is 1. The Morgan fingerprint density at radius 3 is 2.79 bits per heavy atom. The molecular weight excluding hydrogens is 303 g/mol. The average Bonchev–Trinajstić information content (AvgIpc) is 2.98. The molecule has 0 aliphatic carbocycles. The highest BCUT2D eigenvalue weighted by atomic mass is 19.1. The highest BCUT2D eigenvalue weighted by Gasteiger charge is 2.22. The van der Waals surface area contributed by atoms with Gasteiger partial charge in [-0.2, -0.15) is 0 Å². The molecule has 0 atom stereocenters. The summed E-state index contributed by atoms with van der Waals surface area (Å²) in [7, 11) is 0. The fraction of sp³-hybridized carbons (Fsp3) is 0.150. The van der Waals surface area contributed by atoms with Gasteiger partial charge in [0.1, 0.15) is 5.82 Å². The Balaban J connectivity index is 1.56. The fourth-order valence-corrected chi connectivity index (χ4v) is 3.23. The number of aromatic amines is 1. The van der Waals surface area contributed by atoms with Crippen LogP contribution in [0.5, 0.6) is 0 Å². The van der Waals surface area contributed by atoms with Gasteiger partial charge in [-0.3, -0.25) is 4.79 Å². The van der Waals surface area contributed by atoms with Crippen molar-refractivity contribution in [3.05, 3.63) is 77.2 Å². The molecule has 4 heteroatoms. The second-order valence-corrected chi connectivity index (χ2v) is 5.99. The number of carbonyl (C=O) groups excluding carboxylic acids is 1. The third-order valence-corrected chi connectivity index (χ3v) is 4.51. The predicted molar refractivity (Wildman–Crippen MR) is 92.9 cm³/mol. The molecule has 0 unspecified atom stereocenters. The summed E-state index contributed by atoms with van der Waals surface area (Å²) in [5.74, 6) is -0.409. The summed E-state index contributed by atoms with van der Waals surface area (Å²) in [5.41, 5.74) is 3.93. The lowest BCUT2D eigenvalue weighted by molar-refractivity contribution is -0.126. The first-order valence-corrected chi connectivity index (χ1v) is 8.02. The molecule has 0 bridgehead atoms. The minimum atomic E-state index is -0.320. The summed E-state index contributed by atoms with van der Waals surface area (Å²) in [4.78, 5) is 17.7. The van der Waals surface area contributed by atoms with Crippen LogP contribution in [0.3, 0.4) is 0 Å². The number of halogens is 1. The maximum Gasteiger partial charge on any atom is 0.246 e. The van der Waals surface area contributed by atoms with E-state index in [-0.39, 0.29) is 11.7 Å². The minimum absolute atomic E-state index is 0.0887. The number of para-hydroxylation sites is 1. The highest BCUT2D eigenvalue weighted by Crippen LogP contribution is 2.27. The molecule has 0 saturated heterocycles. The number of amides is 1. The van der Waals surface area contributed by atoms with Gasteiger partial charge in [-0.05, 0) is 18.2 Å². The Morgan fingerprint density at radius 1 is 1.12 bits per heavy atom. The Morgan fingerprint density at radius 2 is 1.92 bits per heavy atom. The van der Waals surface area contributed by atoms with E-state index in [2.05, 4.69) is 17.1 Å². The smallest absolute Gasteiger partial charge is 0.246 e. The zero-order chi connectivity index (χ0) is 16.5. The number of aromatic nitrogens is 1. The zero-order valence-corrected chi connectivity index (χ0v) is 13.1. The number of rotatable bonds is 2. The first-order valence-electron chi connectivity index (χ1n) is 8.02. The molecule has 3 nitrogen and oxygen atoms in total. The first kappa shape index (κ1) is 14.7. The van der Waals surface area contributed by atoms with Crippen molar-refractivity contribution in [3.63, 3.8) is 0 Å². The Hall–Kier alpha value is -2.88. The maximum atomic E-state index is 13.6. The summed E-state index contributed by atoms with van der Waals surface area (Å²) in [5, 5.41) is 1.17. The summed E-state index contributed by atoms with van der Waals surface area (Å²) >= 11 is 0. The number of fused-ring (bicyclic) bond motifs is 3. The van der Waals surface area contributed by atoms with E-state index in [0.29, 0.717) is 18.7 Å². The lowest BCUT2D eigenvalue weighted by Gasteiger charge is -2.26. The van der Waals surface area contributed by atoms with Crippen LogP contribution < -0.4 is 0 Å². The number of benzene rings is 2. The van der Waals surface area contributed by atoms with Crippen molar-refractivity contribution in [1.82, 2.24) is 9.88 Å². The molecule has 0 spiro atoms. The van der Waals surface area contributed by atoms with E-state index in [1.54, 1.807) is 29.2 Å².